The van der Waals surface area contributed by atoms with Gasteiger partial charge in [-0.15, -0.1) is 0 Å². The fraction of sp³-hybridized carbons (Fsp3) is 0.600. The molecule has 1 aromatic heterocycles. The van der Waals surface area contributed by atoms with Gasteiger partial charge in [-0.1, -0.05) is 0 Å². The van der Waals surface area contributed by atoms with Gasteiger partial charge in [0.1, 0.15) is 5.82 Å². The minimum absolute atomic E-state index is 0.159. The molecule has 2 fully saturated rings. The van der Waals surface area contributed by atoms with Gasteiger partial charge in [-0.25, -0.2) is 4.98 Å². The Morgan fingerprint density at radius 3 is 2.75 bits per heavy atom. The van der Waals surface area contributed by atoms with Crippen molar-refractivity contribution in [1.82, 2.24) is 10.3 Å². The number of carbonyl (C=O) groups is 1. The van der Waals surface area contributed by atoms with Crippen LogP contribution in [0.1, 0.15) is 19.3 Å². The first-order valence-corrected chi connectivity index (χ1v) is 7.26. The molecule has 0 aromatic carbocycles. The average molecular weight is 274 g/mol. The Bertz CT molecular complexity index is 491. The van der Waals surface area contributed by atoms with Crippen LogP contribution >= 0.6 is 0 Å². The maximum atomic E-state index is 12.3. The predicted octanol–water partition coefficient (Wildman–Crippen LogP) is 1.48. The average Bonchev–Trinajstić information content (AvgIpc) is 3.14. The third kappa shape index (κ3) is 2.50. The Balaban J connectivity index is 1.59. The molecule has 0 radical (unpaired) electrons. The van der Waals surface area contributed by atoms with E-state index >= 15 is 0 Å². The van der Waals surface area contributed by atoms with E-state index in [-0.39, 0.29) is 17.2 Å². The maximum absolute atomic E-state index is 12.3. The van der Waals surface area contributed by atoms with Gasteiger partial charge in [-0.3, -0.25) is 4.79 Å². The van der Waals surface area contributed by atoms with Gasteiger partial charge < -0.3 is 15.5 Å². The first-order chi connectivity index (χ1) is 9.61. The number of pyridine rings is 1. The summed E-state index contributed by atoms with van der Waals surface area (Å²) in [6.07, 6.45) is 5.03. The molecule has 1 aliphatic heterocycles. The monoisotopic (exact) mass is 274 g/mol. The highest BCUT2D eigenvalue weighted by Gasteiger charge is 2.57. The van der Waals surface area contributed by atoms with Crippen LogP contribution in [0, 0.1) is 11.3 Å². The van der Waals surface area contributed by atoms with Crippen LogP contribution in [0.3, 0.4) is 0 Å². The van der Waals surface area contributed by atoms with Crippen LogP contribution < -0.4 is 15.5 Å². The van der Waals surface area contributed by atoms with Crippen LogP contribution in [-0.2, 0) is 4.79 Å². The lowest BCUT2D eigenvalue weighted by atomic mass is 9.92. The van der Waals surface area contributed by atoms with E-state index in [9.17, 15) is 4.79 Å². The second-order valence-electron chi connectivity index (χ2n) is 6.16. The fourth-order valence-corrected chi connectivity index (χ4v) is 3.15. The van der Waals surface area contributed by atoms with E-state index in [4.69, 9.17) is 0 Å². The van der Waals surface area contributed by atoms with Crippen molar-refractivity contribution in [2.75, 3.05) is 37.4 Å². The molecule has 1 saturated heterocycles. The van der Waals surface area contributed by atoms with E-state index in [2.05, 4.69) is 15.6 Å². The minimum atomic E-state index is 0.159. The van der Waals surface area contributed by atoms with Crippen molar-refractivity contribution in [3.8, 4) is 0 Å². The zero-order valence-electron chi connectivity index (χ0n) is 12.1. The normalized spacial score (nSPS) is 23.4. The van der Waals surface area contributed by atoms with E-state index in [1.54, 1.807) is 6.20 Å². The molecule has 5 nitrogen and oxygen atoms in total. The molecule has 1 atom stereocenters. The molecule has 2 N–H and O–H groups in total. The molecule has 1 unspecified atom stereocenters. The summed E-state index contributed by atoms with van der Waals surface area (Å²) in [5.41, 5.74) is 1.07. The molecule has 5 heteroatoms. The fourth-order valence-electron chi connectivity index (χ4n) is 3.15. The number of nitrogens with zero attached hydrogens (tertiary/aromatic N) is 2. The summed E-state index contributed by atoms with van der Waals surface area (Å²) < 4.78 is 0. The Labute approximate surface area is 119 Å². The Morgan fingerprint density at radius 1 is 1.40 bits per heavy atom. The van der Waals surface area contributed by atoms with Crippen molar-refractivity contribution in [3.63, 3.8) is 0 Å². The maximum Gasteiger partial charge on any atom is 0.228 e. The molecule has 3 rings (SSSR count). The SMILES string of the molecule is CN(C)c1ccc(NC(=O)C2CC23CCNCC3)cn1. The van der Waals surface area contributed by atoms with Crippen molar-refractivity contribution < 1.29 is 4.79 Å². The Kier molecular flexibility index (Phi) is 3.38. The highest BCUT2D eigenvalue weighted by Crippen LogP contribution is 2.58. The Morgan fingerprint density at radius 2 is 2.15 bits per heavy atom. The van der Waals surface area contributed by atoms with E-state index in [1.165, 1.54) is 0 Å². The van der Waals surface area contributed by atoms with Crippen LogP contribution in [0.15, 0.2) is 18.3 Å². The minimum Gasteiger partial charge on any atom is -0.363 e. The van der Waals surface area contributed by atoms with Crippen LogP contribution in [0.2, 0.25) is 0 Å². The van der Waals surface area contributed by atoms with E-state index in [0.29, 0.717) is 0 Å². The molecule has 1 spiro atoms. The number of amides is 1. The summed E-state index contributed by atoms with van der Waals surface area (Å²) in [4.78, 5) is 18.6. The molecule has 2 aliphatic rings. The molecular formula is C15H22N4O. The lowest BCUT2D eigenvalue weighted by molar-refractivity contribution is -0.118. The first-order valence-electron chi connectivity index (χ1n) is 7.26. The van der Waals surface area contributed by atoms with Gasteiger partial charge >= 0.3 is 0 Å². The van der Waals surface area contributed by atoms with E-state index < -0.39 is 0 Å². The molecule has 1 saturated carbocycles. The Hall–Kier alpha value is -1.62. The van der Waals surface area contributed by atoms with Crippen molar-refractivity contribution in [1.29, 1.82) is 0 Å². The summed E-state index contributed by atoms with van der Waals surface area (Å²) in [5.74, 6) is 1.24. The largest absolute Gasteiger partial charge is 0.363 e. The highest BCUT2D eigenvalue weighted by atomic mass is 16.2. The predicted molar refractivity (Wildman–Crippen MR) is 79.8 cm³/mol. The standard InChI is InChI=1S/C15H22N4O/c1-19(2)13-4-3-11(10-17-13)18-14(20)12-9-15(12)5-7-16-8-6-15/h3-4,10,12,16H,5-9H2,1-2H3,(H,18,20). The quantitative estimate of drug-likeness (QED) is 0.876. The first kappa shape index (κ1) is 13.4. The van der Waals surface area contributed by atoms with Crippen LogP contribution in [0.25, 0.3) is 0 Å². The zero-order chi connectivity index (χ0) is 14.2. The van der Waals surface area contributed by atoms with Crippen molar-refractivity contribution in [3.05, 3.63) is 18.3 Å². The zero-order valence-corrected chi connectivity index (χ0v) is 12.1. The van der Waals surface area contributed by atoms with E-state index in [0.717, 1.165) is 43.9 Å². The van der Waals surface area contributed by atoms with Crippen molar-refractivity contribution >= 4 is 17.4 Å². The lowest BCUT2D eigenvalue weighted by Gasteiger charge is -2.23. The highest BCUT2D eigenvalue weighted by molar-refractivity contribution is 5.95. The van der Waals surface area contributed by atoms with E-state index in [1.807, 2.05) is 31.1 Å². The van der Waals surface area contributed by atoms with Crippen LogP contribution in [0.5, 0.6) is 0 Å². The molecule has 1 aromatic rings. The number of aromatic nitrogens is 1. The number of anilines is 2. The summed E-state index contributed by atoms with van der Waals surface area (Å²) in [7, 11) is 3.90. The summed E-state index contributed by atoms with van der Waals surface area (Å²) in [6.45, 7) is 2.09. The topological polar surface area (TPSA) is 57.3 Å². The van der Waals surface area contributed by atoms with Crippen molar-refractivity contribution in [2.45, 2.75) is 19.3 Å². The van der Waals surface area contributed by atoms with Crippen LogP contribution in [0.4, 0.5) is 11.5 Å². The van der Waals surface area contributed by atoms with Gasteiger partial charge in [-0.05, 0) is 49.9 Å². The lowest BCUT2D eigenvalue weighted by Crippen LogP contribution is -2.31. The van der Waals surface area contributed by atoms with Gasteiger partial charge in [-0.2, -0.15) is 0 Å². The number of piperidine rings is 1. The number of hydrogen-bond acceptors (Lipinski definition) is 4. The van der Waals surface area contributed by atoms with Gasteiger partial charge in [0.05, 0.1) is 11.9 Å². The van der Waals surface area contributed by atoms with Gasteiger partial charge in [0.2, 0.25) is 5.91 Å². The molecular weight excluding hydrogens is 252 g/mol. The van der Waals surface area contributed by atoms with Gasteiger partial charge in [0.25, 0.3) is 0 Å². The molecule has 0 bridgehead atoms. The number of hydrogen-bond donors (Lipinski definition) is 2. The second-order valence-corrected chi connectivity index (χ2v) is 6.16. The third-order valence-corrected chi connectivity index (χ3v) is 4.58. The molecule has 1 amide bonds. The van der Waals surface area contributed by atoms with Crippen LogP contribution in [-0.4, -0.2) is 38.1 Å². The third-order valence-electron chi connectivity index (χ3n) is 4.58. The summed E-state index contributed by atoms with van der Waals surface area (Å²) in [6, 6.07) is 3.83. The summed E-state index contributed by atoms with van der Waals surface area (Å²) >= 11 is 0. The molecule has 2 heterocycles. The number of carbonyl (C=O) groups excluding carboxylic acids is 1. The molecule has 20 heavy (non-hydrogen) atoms. The van der Waals surface area contributed by atoms with Crippen molar-refractivity contribution in [2.24, 2.45) is 11.3 Å². The summed E-state index contributed by atoms with van der Waals surface area (Å²) in [5, 5.41) is 6.36. The molecule has 1 aliphatic carbocycles. The number of rotatable bonds is 3. The number of nitrogens with one attached hydrogen (secondary N) is 2. The molecule has 108 valence electrons. The second kappa shape index (κ2) is 5.05. The smallest absolute Gasteiger partial charge is 0.228 e. The van der Waals surface area contributed by atoms with Gasteiger partial charge in [0.15, 0.2) is 0 Å². The van der Waals surface area contributed by atoms with Gasteiger partial charge in [0, 0.05) is 20.0 Å².